The van der Waals surface area contributed by atoms with Crippen LogP contribution >= 0.6 is 23.3 Å². The molecule has 0 amide bonds. The van der Waals surface area contributed by atoms with Gasteiger partial charge in [0.05, 0.1) is 33.9 Å². The van der Waals surface area contributed by atoms with E-state index in [9.17, 15) is 9.59 Å². The summed E-state index contributed by atoms with van der Waals surface area (Å²) in [6.45, 7) is 1.88. The lowest BCUT2D eigenvalue weighted by Gasteiger charge is -2.24. The molecule has 0 bridgehead atoms. The van der Waals surface area contributed by atoms with Crippen LogP contribution in [0.2, 0.25) is 5.02 Å². The lowest BCUT2D eigenvalue weighted by atomic mass is 9.97. The molecule has 0 radical (unpaired) electrons. The van der Waals surface area contributed by atoms with E-state index >= 15 is 0 Å². The van der Waals surface area contributed by atoms with Crippen molar-refractivity contribution in [3.63, 3.8) is 0 Å². The third-order valence-corrected chi connectivity index (χ3v) is 8.03. The molecule has 0 saturated heterocycles. The zero-order valence-electron chi connectivity index (χ0n) is 21.5. The van der Waals surface area contributed by atoms with Crippen LogP contribution in [0, 0.1) is 0 Å². The third-order valence-electron chi connectivity index (χ3n) is 7.07. The molecule has 11 heteroatoms. The number of fused-ring (bicyclic) bond motifs is 3. The number of H-pyrrole nitrogens is 1. The molecule has 4 aromatic heterocycles. The molecular formula is C30H20ClN7O2S. The van der Waals surface area contributed by atoms with Crippen LogP contribution in [0.25, 0.3) is 49.7 Å². The molecule has 3 aromatic carbocycles. The van der Waals surface area contributed by atoms with Gasteiger partial charge in [-0.25, -0.2) is 9.97 Å². The standard InChI is InChI=1S/C30H20ClN7O2S/c1-16(35-29-25-23(39)12-13-32-28(25)33-15-34-29)27-26(31)20-9-5-8-19(17-10-11-21-22(14-17)37-41-36-21)24(20)30(40)38(27)18-6-3-2-4-7-18/h2-16H,1H3,(H2,32,33,34,35,39)/t16-/m0/s1. The molecule has 0 aliphatic carbocycles. The first-order valence-electron chi connectivity index (χ1n) is 12.8. The van der Waals surface area contributed by atoms with Gasteiger partial charge >= 0.3 is 0 Å². The molecule has 0 aliphatic heterocycles. The molecule has 0 unspecified atom stereocenters. The lowest BCUT2D eigenvalue weighted by molar-refractivity contribution is 0.774. The molecule has 7 aromatic rings. The quantitative estimate of drug-likeness (QED) is 0.253. The number of rotatable bonds is 5. The molecule has 1 atom stereocenters. The van der Waals surface area contributed by atoms with Gasteiger partial charge in [0.1, 0.15) is 34.2 Å². The number of anilines is 1. The second-order valence-corrected chi connectivity index (χ2v) is 10.4. The number of hydrogen-bond acceptors (Lipinski definition) is 8. The maximum absolute atomic E-state index is 14.5. The van der Waals surface area contributed by atoms with Crippen molar-refractivity contribution in [3.8, 4) is 16.8 Å². The highest BCUT2D eigenvalue weighted by Gasteiger charge is 2.24. The van der Waals surface area contributed by atoms with E-state index < -0.39 is 6.04 Å². The summed E-state index contributed by atoms with van der Waals surface area (Å²) in [5.41, 5.74) is 4.30. The largest absolute Gasteiger partial charge is 0.361 e. The molecule has 2 N–H and O–H groups in total. The minimum Gasteiger partial charge on any atom is -0.361 e. The molecule has 0 aliphatic rings. The van der Waals surface area contributed by atoms with Crippen LogP contribution in [0.4, 0.5) is 5.82 Å². The Kier molecular flexibility index (Phi) is 6.06. The van der Waals surface area contributed by atoms with Crippen molar-refractivity contribution in [2.75, 3.05) is 5.32 Å². The highest BCUT2D eigenvalue weighted by Crippen LogP contribution is 2.37. The molecule has 9 nitrogen and oxygen atoms in total. The predicted molar refractivity (Wildman–Crippen MR) is 163 cm³/mol. The molecular weight excluding hydrogens is 558 g/mol. The van der Waals surface area contributed by atoms with Crippen molar-refractivity contribution in [1.29, 1.82) is 0 Å². The molecule has 0 saturated carbocycles. The summed E-state index contributed by atoms with van der Waals surface area (Å²) in [5, 5.41) is 5.16. The van der Waals surface area contributed by atoms with Gasteiger partial charge in [0, 0.05) is 23.3 Å². The van der Waals surface area contributed by atoms with E-state index in [1.165, 1.54) is 12.4 Å². The maximum Gasteiger partial charge on any atom is 0.263 e. The fourth-order valence-electron chi connectivity index (χ4n) is 5.22. The van der Waals surface area contributed by atoms with Crippen LogP contribution in [0.5, 0.6) is 0 Å². The number of pyridine rings is 2. The van der Waals surface area contributed by atoms with Gasteiger partial charge in [0.2, 0.25) is 0 Å². The van der Waals surface area contributed by atoms with Crippen molar-refractivity contribution >= 4 is 62.0 Å². The number of halogens is 1. The van der Waals surface area contributed by atoms with Crippen molar-refractivity contribution in [3.05, 3.63) is 117 Å². The van der Waals surface area contributed by atoms with Crippen molar-refractivity contribution in [1.82, 2.24) is 28.3 Å². The molecule has 7 rings (SSSR count). The molecule has 0 fully saturated rings. The number of para-hydroxylation sites is 1. The minimum atomic E-state index is -0.529. The zero-order chi connectivity index (χ0) is 28.1. The number of aromatic nitrogens is 6. The van der Waals surface area contributed by atoms with Gasteiger partial charge in [-0.1, -0.05) is 54.1 Å². The number of benzene rings is 3. The minimum absolute atomic E-state index is 0.225. The topological polar surface area (TPSA) is 118 Å². The van der Waals surface area contributed by atoms with E-state index in [0.29, 0.717) is 44.0 Å². The summed E-state index contributed by atoms with van der Waals surface area (Å²) in [4.78, 5) is 38.7. The van der Waals surface area contributed by atoms with Crippen LogP contribution < -0.4 is 16.3 Å². The van der Waals surface area contributed by atoms with E-state index in [4.69, 9.17) is 11.6 Å². The summed E-state index contributed by atoms with van der Waals surface area (Å²) in [6.07, 6.45) is 2.92. The van der Waals surface area contributed by atoms with Crippen LogP contribution in [-0.2, 0) is 0 Å². The number of nitrogens with zero attached hydrogens (tertiary/aromatic N) is 5. The zero-order valence-corrected chi connectivity index (χ0v) is 23.1. The van der Waals surface area contributed by atoms with Gasteiger partial charge in [-0.3, -0.25) is 14.2 Å². The maximum atomic E-state index is 14.5. The monoisotopic (exact) mass is 577 g/mol. The third kappa shape index (κ3) is 4.16. The van der Waals surface area contributed by atoms with Crippen LogP contribution in [0.15, 0.2) is 94.9 Å². The number of hydrogen-bond donors (Lipinski definition) is 2. The lowest BCUT2D eigenvalue weighted by Crippen LogP contribution is -2.27. The Labute approximate surface area is 241 Å². The second kappa shape index (κ2) is 9.92. The van der Waals surface area contributed by atoms with Crippen molar-refractivity contribution in [2.45, 2.75) is 13.0 Å². The highest BCUT2D eigenvalue weighted by atomic mass is 35.5. The van der Waals surface area contributed by atoms with Crippen LogP contribution in [0.1, 0.15) is 18.7 Å². The van der Waals surface area contributed by atoms with E-state index in [1.54, 1.807) is 10.8 Å². The summed E-state index contributed by atoms with van der Waals surface area (Å²) >= 11 is 8.34. The second-order valence-electron chi connectivity index (χ2n) is 9.53. The molecule has 41 heavy (non-hydrogen) atoms. The van der Waals surface area contributed by atoms with Gasteiger partial charge in [-0.2, -0.15) is 8.75 Å². The summed E-state index contributed by atoms with van der Waals surface area (Å²) in [6, 6.07) is 21.7. The Morgan fingerprint density at radius 1 is 0.927 bits per heavy atom. The highest BCUT2D eigenvalue weighted by molar-refractivity contribution is 7.00. The smallest absolute Gasteiger partial charge is 0.263 e. The van der Waals surface area contributed by atoms with E-state index in [0.717, 1.165) is 33.9 Å². The Bertz CT molecular complexity index is 2220. The normalized spacial score (nSPS) is 12.2. The van der Waals surface area contributed by atoms with Crippen molar-refractivity contribution in [2.24, 2.45) is 0 Å². The van der Waals surface area contributed by atoms with Crippen LogP contribution in [-0.4, -0.2) is 28.3 Å². The molecule has 0 spiro atoms. The van der Waals surface area contributed by atoms with E-state index in [1.807, 2.05) is 73.7 Å². The molecule has 200 valence electrons. The fourth-order valence-corrected chi connectivity index (χ4v) is 6.14. The van der Waals surface area contributed by atoms with Gasteiger partial charge in [-0.05, 0) is 42.3 Å². The van der Waals surface area contributed by atoms with Crippen molar-refractivity contribution < 1.29 is 0 Å². The SMILES string of the molecule is C[C@H](Nc1ncnc2[nH]ccc(=O)c12)c1c(Cl)c2cccc(-c3ccc4nsnc4c3)c2c(=O)n1-c1ccccc1. The predicted octanol–water partition coefficient (Wildman–Crippen LogP) is 6.12. The summed E-state index contributed by atoms with van der Waals surface area (Å²) in [7, 11) is 0. The molecule has 4 heterocycles. The first-order chi connectivity index (χ1) is 20.0. The Hall–Kier alpha value is -4.93. The van der Waals surface area contributed by atoms with E-state index in [-0.39, 0.29) is 11.0 Å². The first-order valence-corrected chi connectivity index (χ1v) is 13.9. The average Bonchev–Trinajstić information content (AvgIpc) is 3.47. The summed E-state index contributed by atoms with van der Waals surface area (Å²) < 4.78 is 10.3. The summed E-state index contributed by atoms with van der Waals surface area (Å²) in [5.74, 6) is 0.339. The Morgan fingerprint density at radius 2 is 1.76 bits per heavy atom. The van der Waals surface area contributed by atoms with Crippen LogP contribution in [0.3, 0.4) is 0 Å². The van der Waals surface area contributed by atoms with Gasteiger partial charge < -0.3 is 10.3 Å². The van der Waals surface area contributed by atoms with Gasteiger partial charge in [0.15, 0.2) is 5.43 Å². The van der Waals surface area contributed by atoms with Gasteiger partial charge in [-0.15, -0.1) is 0 Å². The number of aromatic amines is 1. The first kappa shape index (κ1) is 25.1. The Balaban J connectivity index is 1.48. The van der Waals surface area contributed by atoms with E-state index in [2.05, 4.69) is 29.0 Å². The number of nitrogens with one attached hydrogen (secondary N) is 2. The fraction of sp³-hybridized carbons (Fsp3) is 0.0667. The Morgan fingerprint density at radius 3 is 2.61 bits per heavy atom. The van der Waals surface area contributed by atoms with Gasteiger partial charge in [0.25, 0.3) is 5.56 Å². The average molecular weight is 578 g/mol.